The maximum Gasteiger partial charge on any atom is 0.422 e. The number of amides is 1. The zero-order valence-electron chi connectivity index (χ0n) is 15.0. The summed E-state index contributed by atoms with van der Waals surface area (Å²) in [5.74, 6) is -0.754. The van der Waals surface area contributed by atoms with Crippen LogP contribution in [0.4, 0.5) is 17.6 Å². The van der Waals surface area contributed by atoms with Gasteiger partial charge >= 0.3 is 6.18 Å². The number of hydrogen-bond acceptors (Lipinski definition) is 3. The number of aromatic nitrogens is 2. The van der Waals surface area contributed by atoms with Crippen molar-refractivity contribution in [3.63, 3.8) is 0 Å². The Morgan fingerprint density at radius 2 is 2.00 bits per heavy atom. The summed E-state index contributed by atoms with van der Waals surface area (Å²) in [7, 11) is 1.58. The molecule has 0 spiro atoms. The van der Waals surface area contributed by atoms with Gasteiger partial charge in [0.1, 0.15) is 17.3 Å². The number of benzene rings is 1. The van der Waals surface area contributed by atoms with E-state index in [1.54, 1.807) is 26.1 Å². The van der Waals surface area contributed by atoms with Gasteiger partial charge in [0.2, 0.25) is 0 Å². The normalized spacial score (nSPS) is 12.8. The molecule has 1 N–H and O–H groups in total. The molecule has 2 aromatic heterocycles. The lowest BCUT2D eigenvalue weighted by Gasteiger charge is -2.24. The van der Waals surface area contributed by atoms with Gasteiger partial charge in [-0.25, -0.2) is 4.39 Å². The van der Waals surface area contributed by atoms with E-state index in [0.29, 0.717) is 22.3 Å². The van der Waals surface area contributed by atoms with Crippen LogP contribution in [0.25, 0.3) is 10.9 Å². The van der Waals surface area contributed by atoms with E-state index in [4.69, 9.17) is 0 Å². The quantitative estimate of drug-likeness (QED) is 0.649. The fourth-order valence-electron chi connectivity index (χ4n) is 2.67. The second-order valence-electron chi connectivity index (χ2n) is 6.33. The number of carbonyl (C=O) groups is 1. The Bertz CT molecular complexity index is 983. The van der Waals surface area contributed by atoms with E-state index in [1.165, 1.54) is 35.4 Å². The number of halogens is 4. The third-order valence-corrected chi connectivity index (χ3v) is 4.31. The number of nitrogens with zero attached hydrogens (tertiary/aromatic N) is 2. The fourth-order valence-corrected chi connectivity index (χ4v) is 2.67. The Morgan fingerprint density at radius 1 is 1.25 bits per heavy atom. The van der Waals surface area contributed by atoms with Crippen LogP contribution in [0.3, 0.4) is 0 Å². The van der Waals surface area contributed by atoms with Gasteiger partial charge in [-0.2, -0.15) is 13.2 Å². The summed E-state index contributed by atoms with van der Waals surface area (Å²) in [5.41, 5.74) is 1.28. The van der Waals surface area contributed by atoms with Gasteiger partial charge in [-0.15, -0.1) is 0 Å². The number of alkyl halides is 3. The minimum absolute atomic E-state index is 0.0140. The second kappa shape index (κ2) is 7.49. The third-order valence-electron chi connectivity index (χ3n) is 4.31. The van der Waals surface area contributed by atoms with E-state index in [9.17, 15) is 22.4 Å². The minimum Gasteiger partial charge on any atom is -0.483 e. The largest absolute Gasteiger partial charge is 0.483 e. The van der Waals surface area contributed by atoms with E-state index in [2.05, 4.69) is 14.7 Å². The minimum atomic E-state index is -4.43. The van der Waals surface area contributed by atoms with Gasteiger partial charge in [-0.3, -0.25) is 9.78 Å². The average molecular weight is 395 g/mol. The van der Waals surface area contributed by atoms with Crippen molar-refractivity contribution in [2.75, 3.05) is 13.7 Å². The first-order chi connectivity index (χ1) is 13.1. The molecule has 148 valence electrons. The molecule has 0 fully saturated rings. The van der Waals surface area contributed by atoms with Crippen molar-refractivity contribution >= 4 is 16.8 Å². The summed E-state index contributed by atoms with van der Waals surface area (Å²) in [6.45, 7) is 0.335. The standard InChI is InChI=1S/C19H17F4N3O2/c1-11(15-6-5-14(9-24-15)28-10-19(21,22)23)26(2)18(27)17-7-12-3-4-13(20)8-16(12)25-17/h3-9,11,25H,10H2,1-2H3/t11-/m1/s1. The molecule has 0 aliphatic heterocycles. The molecule has 3 rings (SSSR count). The first kappa shape index (κ1) is 19.7. The van der Waals surface area contributed by atoms with E-state index >= 15 is 0 Å². The van der Waals surface area contributed by atoms with Crippen LogP contribution in [0.2, 0.25) is 0 Å². The van der Waals surface area contributed by atoms with Crippen LogP contribution in [-0.2, 0) is 0 Å². The molecule has 1 amide bonds. The molecule has 1 atom stereocenters. The van der Waals surface area contributed by atoms with Crippen molar-refractivity contribution in [1.82, 2.24) is 14.9 Å². The number of nitrogens with one attached hydrogen (secondary N) is 1. The van der Waals surface area contributed by atoms with Crippen molar-refractivity contribution < 1.29 is 27.1 Å². The van der Waals surface area contributed by atoms with Crippen molar-refractivity contribution in [2.24, 2.45) is 0 Å². The van der Waals surface area contributed by atoms with E-state index in [1.807, 2.05) is 0 Å². The molecule has 0 bridgehead atoms. The molecular weight excluding hydrogens is 378 g/mol. The van der Waals surface area contributed by atoms with Gasteiger partial charge in [0.05, 0.1) is 17.9 Å². The highest BCUT2D eigenvalue weighted by atomic mass is 19.4. The molecule has 0 aliphatic carbocycles. The first-order valence-corrected chi connectivity index (χ1v) is 8.35. The topological polar surface area (TPSA) is 58.2 Å². The van der Waals surface area contributed by atoms with Gasteiger partial charge in [0.15, 0.2) is 6.61 Å². The van der Waals surface area contributed by atoms with Crippen LogP contribution >= 0.6 is 0 Å². The molecule has 0 aliphatic rings. The summed E-state index contributed by atoms with van der Waals surface area (Å²) in [6.07, 6.45) is -3.25. The Kier molecular flexibility index (Phi) is 5.26. The summed E-state index contributed by atoms with van der Waals surface area (Å²) in [6, 6.07) is 8.23. The summed E-state index contributed by atoms with van der Waals surface area (Å²) < 4.78 is 54.5. The molecule has 0 saturated heterocycles. The van der Waals surface area contributed by atoms with E-state index in [-0.39, 0.29) is 11.7 Å². The molecule has 5 nitrogen and oxygen atoms in total. The number of aromatic amines is 1. The highest BCUT2D eigenvalue weighted by molar-refractivity contribution is 5.98. The molecule has 0 radical (unpaired) electrons. The summed E-state index contributed by atoms with van der Waals surface area (Å²) in [5, 5.41) is 0.704. The van der Waals surface area contributed by atoms with Crippen LogP contribution in [0.15, 0.2) is 42.6 Å². The molecular formula is C19H17F4N3O2. The zero-order valence-corrected chi connectivity index (χ0v) is 15.0. The van der Waals surface area contributed by atoms with Gasteiger partial charge in [0, 0.05) is 18.0 Å². The molecule has 0 unspecified atom stereocenters. The Labute approximate surface area is 157 Å². The Morgan fingerprint density at radius 3 is 2.64 bits per heavy atom. The monoisotopic (exact) mass is 395 g/mol. The Balaban J connectivity index is 1.71. The maximum atomic E-state index is 13.3. The van der Waals surface area contributed by atoms with Gasteiger partial charge in [0.25, 0.3) is 5.91 Å². The highest BCUT2D eigenvalue weighted by Gasteiger charge is 2.28. The third kappa shape index (κ3) is 4.41. The molecule has 2 heterocycles. The van der Waals surface area contributed by atoms with Crippen LogP contribution in [0.5, 0.6) is 5.75 Å². The van der Waals surface area contributed by atoms with Crippen molar-refractivity contribution in [3.05, 3.63) is 59.8 Å². The predicted octanol–water partition coefficient (Wildman–Crippen LogP) is 4.48. The number of pyridine rings is 1. The van der Waals surface area contributed by atoms with E-state index in [0.717, 1.165) is 0 Å². The Hall–Kier alpha value is -3.10. The van der Waals surface area contributed by atoms with Gasteiger partial charge in [-0.05, 0) is 43.3 Å². The van der Waals surface area contributed by atoms with Gasteiger partial charge < -0.3 is 14.6 Å². The fraction of sp³-hybridized carbons (Fsp3) is 0.263. The molecule has 0 saturated carbocycles. The number of carbonyl (C=O) groups excluding carboxylic acids is 1. The summed E-state index contributed by atoms with van der Waals surface area (Å²) in [4.78, 5) is 21.1. The van der Waals surface area contributed by atoms with E-state index < -0.39 is 24.6 Å². The lowest BCUT2D eigenvalue weighted by atomic mass is 10.1. The van der Waals surface area contributed by atoms with Gasteiger partial charge in [-0.1, -0.05) is 0 Å². The number of rotatable bonds is 5. The summed E-state index contributed by atoms with van der Waals surface area (Å²) >= 11 is 0. The molecule has 28 heavy (non-hydrogen) atoms. The maximum absolute atomic E-state index is 13.3. The van der Waals surface area contributed by atoms with Crippen LogP contribution in [-0.4, -0.2) is 40.6 Å². The van der Waals surface area contributed by atoms with Crippen molar-refractivity contribution in [2.45, 2.75) is 19.1 Å². The SMILES string of the molecule is C[C@H](c1ccc(OCC(F)(F)F)cn1)N(C)C(=O)c1cc2ccc(F)cc2[nH]1. The van der Waals surface area contributed by atoms with Crippen molar-refractivity contribution in [3.8, 4) is 5.75 Å². The first-order valence-electron chi connectivity index (χ1n) is 8.35. The molecule has 3 aromatic rings. The lowest BCUT2D eigenvalue weighted by Crippen LogP contribution is -2.30. The number of fused-ring (bicyclic) bond motifs is 1. The molecule has 1 aromatic carbocycles. The number of H-pyrrole nitrogens is 1. The highest BCUT2D eigenvalue weighted by Crippen LogP contribution is 2.24. The van der Waals surface area contributed by atoms with Crippen molar-refractivity contribution in [1.29, 1.82) is 0 Å². The van der Waals surface area contributed by atoms with Crippen LogP contribution < -0.4 is 4.74 Å². The smallest absolute Gasteiger partial charge is 0.422 e. The lowest BCUT2D eigenvalue weighted by molar-refractivity contribution is -0.153. The van der Waals surface area contributed by atoms with Crippen LogP contribution in [0.1, 0.15) is 29.1 Å². The van der Waals surface area contributed by atoms with Crippen LogP contribution in [0, 0.1) is 5.82 Å². The average Bonchev–Trinajstić information content (AvgIpc) is 3.07. The molecule has 9 heteroatoms. The second-order valence-corrected chi connectivity index (χ2v) is 6.33. The number of ether oxygens (including phenoxy) is 1. The predicted molar refractivity (Wildman–Crippen MR) is 94.6 cm³/mol. The zero-order chi connectivity index (χ0) is 20.5. The number of hydrogen-bond donors (Lipinski definition) is 1.